The van der Waals surface area contributed by atoms with Crippen molar-refractivity contribution in [1.29, 1.82) is 0 Å². The van der Waals surface area contributed by atoms with Gasteiger partial charge in [-0.2, -0.15) is 5.10 Å². The summed E-state index contributed by atoms with van der Waals surface area (Å²) >= 11 is 0. The molecule has 24 heavy (non-hydrogen) atoms. The molecular formula is C12H13N5O6S. The van der Waals surface area contributed by atoms with E-state index >= 15 is 0 Å². The van der Waals surface area contributed by atoms with E-state index in [4.69, 9.17) is 10.5 Å². The average Bonchev–Trinajstić information content (AvgIpc) is 2.87. The van der Waals surface area contributed by atoms with E-state index < -0.39 is 26.6 Å². The van der Waals surface area contributed by atoms with Gasteiger partial charge >= 0.3 is 5.97 Å². The van der Waals surface area contributed by atoms with E-state index in [1.807, 2.05) is 0 Å². The number of anilines is 2. The van der Waals surface area contributed by atoms with Crippen molar-refractivity contribution in [1.82, 2.24) is 10.2 Å². The highest BCUT2D eigenvalue weighted by Crippen LogP contribution is 2.24. The topological polar surface area (TPSA) is 170 Å². The summed E-state index contributed by atoms with van der Waals surface area (Å²) < 4.78 is 31.5. The number of hydrogen-bond donors (Lipinski definition) is 3. The van der Waals surface area contributed by atoms with Crippen LogP contribution in [0.4, 0.5) is 17.3 Å². The predicted octanol–water partition coefficient (Wildman–Crippen LogP) is 0.878. The number of non-ortho nitro benzene ring substituents is 1. The summed E-state index contributed by atoms with van der Waals surface area (Å²) in [4.78, 5) is 21.5. The number of H-pyrrole nitrogens is 1. The first-order valence-corrected chi connectivity index (χ1v) is 8.02. The smallest absolute Gasteiger partial charge is 0.345 e. The second kappa shape index (κ2) is 6.54. The van der Waals surface area contributed by atoms with Gasteiger partial charge in [0, 0.05) is 12.1 Å². The number of nitrogens with zero attached hydrogens (tertiary/aromatic N) is 2. The molecule has 0 aliphatic rings. The maximum atomic E-state index is 12.3. The number of nitrogen functional groups attached to an aromatic ring is 1. The number of nitrogens with one attached hydrogen (secondary N) is 2. The third-order valence-electron chi connectivity index (χ3n) is 2.84. The van der Waals surface area contributed by atoms with Gasteiger partial charge in [-0.25, -0.2) is 13.2 Å². The predicted molar refractivity (Wildman–Crippen MR) is 82.9 cm³/mol. The van der Waals surface area contributed by atoms with E-state index in [2.05, 4.69) is 14.9 Å². The van der Waals surface area contributed by atoms with Crippen LogP contribution in [-0.2, 0) is 14.8 Å². The zero-order valence-corrected chi connectivity index (χ0v) is 13.2. The van der Waals surface area contributed by atoms with Crippen LogP contribution in [0.3, 0.4) is 0 Å². The Morgan fingerprint density at radius 3 is 2.83 bits per heavy atom. The zero-order valence-electron chi connectivity index (χ0n) is 12.3. The van der Waals surface area contributed by atoms with Crippen molar-refractivity contribution in [3.63, 3.8) is 0 Å². The summed E-state index contributed by atoms with van der Waals surface area (Å²) in [5.74, 6) is -1.40. The van der Waals surface area contributed by atoms with Crippen LogP contribution in [0.5, 0.6) is 0 Å². The van der Waals surface area contributed by atoms with Gasteiger partial charge in [0.1, 0.15) is 11.4 Å². The lowest BCUT2D eigenvalue weighted by molar-refractivity contribution is -0.385. The fraction of sp³-hybridized carbons (Fsp3) is 0.167. The molecule has 2 aromatic rings. The van der Waals surface area contributed by atoms with Gasteiger partial charge in [-0.15, -0.1) is 0 Å². The number of nitro groups is 1. The van der Waals surface area contributed by atoms with Gasteiger partial charge in [0.2, 0.25) is 0 Å². The molecule has 2 rings (SSSR count). The number of sulfonamides is 1. The number of hydrogen-bond acceptors (Lipinski definition) is 8. The molecule has 0 radical (unpaired) electrons. The Hall–Kier alpha value is -3.15. The minimum atomic E-state index is -4.23. The molecule has 4 N–H and O–H groups in total. The first-order chi connectivity index (χ1) is 11.3. The summed E-state index contributed by atoms with van der Waals surface area (Å²) in [5.41, 5.74) is 4.88. The molecule has 0 aliphatic carbocycles. The Balaban J connectivity index is 2.39. The van der Waals surface area contributed by atoms with Crippen LogP contribution in [0.25, 0.3) is 0 Å². The van der Waals surface area contributed by atoms with E-state index in [0.29, 0.717) is 0 Å². The van der Waals surface area contributed by atoms with Crippen LogP contribution in [0, 0.1) is 10.1 Å². The van der Waals surface area contributed by atoms with Crippen LogP contribution >= 0.6 is 0 Å². The number of esters is 1. The second-order valence-corrected chi connectivity index (χ2v) is 6.12. The van der Waals surface area contributed by atoms with Crippen LogP contribution < -0.4 is 10.5 Å². The highest BCUT2D eigenvalue weighted by Gasteiger charge is 2.25. The number of benzene rings is 1. The van der Waals surface area contributed by atoms with Crippen molar-refractivity contribution in [3.8, 4) is 0 Å². The van der Waals surface area contributed by atoms with Crippen LogP contribution in [0.15, 0.2) is 29.2 Å². The molecule has 0 saturated heterocycles. The van der Waals surface area contributed by atoms with E-state index in [1.165, 1.54) is 6.07 Å². The van der Waals surface area contributed by atoms with Crippen molar-refractivity contribution in [3.05, 3.63) is 39.9 Å². The van der Waals surface area contributed by atoms with Crippen molar-refractivity contribution in [2.24, 2.45) is 0 Å². The summed E-state index contributed by atoms with van der Waals surface area (Å²) in [6.45, 7) is 1.63. The van der Waals surface area contributed by atoms with Crippen LogP contribution in [0.1, 0.15) is 17.3 Å². The highest BCUT2D eigenvalue weighted by molar-refractivity contribution is 7.92. The SMILES string of the molecule is CCOC(=O)c1c(NS(=O)(=O)c2cccc([N+](=O)[O-])c2)n[nH]c1N. The molecule has 1 aromatic heterocycles. The van der Waals surface area contributed by atoms with Crippen molar-refractivity contribution < 1.29 is 22.9 Å². The normalized spacial score (nSPS) is 11.0. The number of rotatable bonds is 6. The fourth-order valence-corrected chi connectivity index (χ4v) is 2.84. The summed E-state index contributed by atoms with van der Waals surface area (Å²) in [6, 6.07) is 4.41. The summed E-state index contributed by atoms with van der Waals surface area (Å²) in [5, 5.41) is 16.6. The Kier molecular flexibility index (Phi) is 4.69. The minimum Gasteiger partial charge on any atom is -0.462 e. The lowest BCUT2D eigenvalue weighted by Gasteiger charge is -2.07. The molecule has 12 heteroatoms. The monoisotopic (exact) mass is 355 g/mol. The molecule has 0 saturated carbocycles. The molecule has 11 nitrogen and oxygen atoms in total. The number of aromatic amines is 1. The number of ether oxygens (including phenoxy) is 1. The number of carbonyl (C=O) groups excluding carboxylic acids is 1. The van der Waals surface area contributed by atoms with E-state index in [1.54, 1.807) is 6.92 Å². The van der Waals surface area contributed by atoms with Gasteiger partial charge in [0.15, 0.2) is 5.82 Å². The quantitative estimate of drug-likeness (QED) is 0.389. The lowest BCUT2D eigenvalue weighted by atomic mass is 10.3. The second-order valence-electron chi connectivity index (χ2n) is 4.44. The van der Waals surface area contributed by atoms with E-state index in [-0.39, 0.29) is 28.7 Å². The molecule has 0 bridgehead atoms. The molecule has 0 unspecified atom stereocenters. The molecule has 128 valence electrons. The molecule has 1 heterocycles. The van der Waals surface area contributed by atoms with Crippen LogP contribution in [-0.4, -0.2) is 36.1 Å². The molecular weight excluding hydrogens is 342 g/mol. The third kappa shape index (κ3) is 3.43. The maximum absolute atomic E-state index is 12.3. The van der Waals surface area contributed by atoms with Crippen molar-refractivity contribution in [2.75, 3.05) is 17.1 Å². The molecule has 0 amide bonds. The Labute approximate surface area is 136 Å². The van der Waals surface area contributed by atoms with Gasteiger partial charge in [0.05, 0.1) is 16.4 Å². The fourth-order valence-electron chi connectivity index (χ4n) is 1.79. The molecule has 0 atom stereocenters. The maximum Gasteiger partial charge on any atom is 0.345 e. The average molecular weight is 355 g/mol. The van der Waals surface area contributed by atoms with Gasteiger partial charge in [-0.3, -0.25) is 19.9 Å². The van der Waals surface area contributed by atoms with E-state index in [9.17, 15) is 23.3 Å². The first kappa shape index (κ1) is 17.2. The first-order valence-electron chi connectivity index (χ1n) is 6.54. The summed E-state index contributed by atoms with van der Waals surface area (Å²) in [6.07, 6.45) is 0. The Bertz CT molecular complexity index is 891. The summed E-state index contributed by atoms with van der Waals surface area (Å²) in [7, 11) is -4.23. The van der Waals surface area contributed by atoms with Gasteiger partial charge < -0.3 is 10.5 Å². The molecule has 0 spiro atoms. The molecule has 0 aliphatic heterocycles. The largest absolute Gasteiger partial charge is 0.462 e. The lowest BCUT2D eigenvalue weighted by Crippen LogP contribution is -2.17. The Morgan fingerprint density at radius 2 is 2.21 bits per heavy atom. The number of aromatic nitrogens is 2. The third-order valence-corrected chi connectivity index (χ3v) is 4.18. The van der Waals surface area contributed by atoms with E-state index in [0.717, 1.165) is 18.2 Å². The van der Waals surface area contributed by atoms with Gasteiger partial charge in [-0.1, -0.05) is 6.07 Å². The van der Waals surface area contributed by atoms with Crippen molar-refractivity contribution in [2.45, 2.75) is 11.8 Å². The number of nitro benzene ring substituents is 1. The van der Waals surface area contributed by atoms with Crippen LogP contribution in [0.2, 0.25) is 0 Å². The van der Waals surface area contributed by atoms with Gasteiger partial charge in [0.25, 0.3) is 15.7 Å². The highest BCUT2D eigenvalue weighted by atomic mass is 32.2. The van der Waals surface area contributed by atoms with Crippen molar-refractivity contribution >= 4 is 33.3 Å². The zero-order chi connectivity index (χ0) is 17.9. The molecule has 1 aromatic carbocycles. The minimum absolute atomic E-state index is 0.0561. The van der Waals surface area contributed by atoms with Gasteiger partial charge in [-0.05, 0) is 13.0 Å². The Morgan fingerprint density at radius 1 is 1.50 bits per heavy atom. The number of carbonyl (C=O) groups is 1. The molecule has 0 fully saturated rings. The standard InChI is InChI=1S/C12H13N5O6S/c1-2-23-12(18)9-10(13)14-15-11(9)16-24(21,22)8-5-3-4-7(6-8)17(19)20/h3-6H,2H2,1H3,(H4,13,14,15,16). The number of nitrogens with two attached hydrogens (primary N) is 1.